The van der Waals surface area contributed by atoms with E-state index in [9.17, 15) is 5.11 Å². The molecule has 0 aliphatic rings. The Kier molecular flexibility index (Phi) is 6.66. The van der Waals surface area contributed by atoms with Gasteiger partial charge in [-0.1, -0.05) is 51.1 Å². The summed E-state index contributed by atoms with van der Waals surface area (Å²) < 4.78 is 0. The second kappa shape index (κ2) is 7.77. The van der Waals surface area contributed by atoms with E-state index in [-0.39, 0.29) is 18.1 Å². The van der Waals surface area contributed by atoms with Crippen molar-refractivity contribution in [2.75, 3.05) is 26.7 Å². The zero-order valence-electron chi connectivity index (χ0n) is 13.6. The van der Waals surface area contributed by atoms with Crippen LogP contribution in [0, 0.1) is 5.41 Å². The second-order valence-corrected chi connectivity index (χ2v) is 6.34. The molecule has 0 fully saturated rings. The molecule has 0 aliphatic carbocycles. The molecular formula is C17H30N2O. The van der Waals surface area contributed by atoms with Gasteiger partial charge in [-0.05, 0) is 31.5 Å². The molecule has 0 aliphatic heterocycles. The van der Waals surface area contributed by atoms with Crippen molar-refractivity contribution in [3.63, 3.8) is 0 Å². The van der Waals surface area contributed by atoms with Crippen molar-refractivity contribution in [2.24, 2.45) is 5.41 Å². The smallest absolute Gasteiger partial charge is 0.0584 e. The standard InChI is InChI=1S/C17H30N2O/c1-6-18-16(15-10-8-7-9-11-15)17(3,4)13-19(5)14(2)12-20/h7-11,14,16,18,20H,6,12-13H2,1-5H3. The van der Waals surface area contributed by atoms with Crippen LogP contribution in [0.25, 0.3) is 0 Å². The molecule has 1 aromatic rings. The maximum Gasteiger partial charge on any atom is 0.0584 e. The van der Waals surface area contributed by atoms with Crippen LogP contribution in [0.15, 0.2) is 30.3 Å². The van der Waals surface area contributed by atoms with Crippen molar-refractivity contribution in [1.29, 1.82) is 0 Å². The lowest BCUT2D eigenvalue weighted by atomic mass is 9.79. The first-order valence-corrected chi connectivity index (χ1v) is 7.51. The molecule has 0 spiro atoms. The number of likely N-dealkylation sites (N-methyl/N-ethyl adjacent to an activating group) is 1. The van der Waals surface area contributed by atoms with E-state index in [4.69, 9.17) is 0 Å². The van der Waals surface area contributed by atoms with Gasteiger partial charge in [-0.2, -0.15) is 0 Å². The summed E-state index contributed by atoms with van der Waals surface area (Å²) in [5, 5.41) is 12.9. The summed E-state index contributed by atoms with van der Waals surface area (Å²) in [5.74, 6) is 0. The molecule has 1 aromatic carbocycles. The quantitative estimate of drug-likeness (QED) is 0.767. The summed E-state index contributed by atoms with van der Waals surface area (Å²) in [5.41, 5.74) is 1.40. The van der Waals surface area contributed by atoms with Crippen molar-refractivity contribution in [3.05, 3.63) is 35.9 Å². The van der Waals surface area contributed by atoms with Crippen LogP contribution in [-0.4, -0.2) is 42.8 Å². The van der Waals surface area contributed by atoms with Crippen molar-refractivity contribution >= 4 is 0 Å². The van der Waals surface area contributed by atoms with E-state index in [1.807, 2.05) is 0 Å². The maximum absolute atomic E-state index is 9.30. The topological polar surface area (TPSA) is 35.5 Å². The minimum atomic E-state index is 0.0789. The third-order valence-corrected chi connectivity index (χ3v) is 4.00. The predicted octanol–water partition coefficient (Wildman–Crippen LogP) is 2.68. The Hall–Kier alpha value is -0.900. The number of aliphatic hydroxyl groups is 1. The molecule has 0 amide bonds. The van der Waals surface area contributed by atoms with Gasteiger partial charge in [0.15, 0.2) is 0 Å². The number of nitrogens with zero attached hydrogens (tertiary/aromatic N) is 1. The highest BCUT2D eigenvalue weighted by atomic mass is 16.3. The molecule has 2 atom stereocenters. The van der Waals surface area contributed by atoms with E-state index in [1.54, 1.807) is 0 Å². The summed E-state index contributed by atoms with van der Waals surface area (Å²) in [6, 6.07) is 11.1. The first-order chi connectivity index (χ1) is 9.42. The van der Waals surface area contributed by atoms with Crippen LogP contribution in [0.1, 0.15) is 39.3 Å². The zero-order valence-corrected chi connectivity index (χ0v) is 13.6. The van der Waals surface area contributed by atoms with E-state index in [0.29, 0.717) is 6.04 Å². The van der Waals surface area contributed by atoms with E-state index >= 15 is 0 Å². The van der Waals surface area contributed by atoms with Crippen molar-refractivity contribution < 1.29 is 5.11 Å². The van der Waals surface area contributed by atoms with Gasteiger partial charge in [-0.3, -0.25) is 0 Å². The van der Waals surface area contributed by atoms with Crippen LogP contribution in [0.4, 0.5) is 0 Å². The minimum Gasteiger partial charge on any atom is -0.395 e. The molecule has 2 N–H and O–H groups in total. The summed E-state index contributed by atoms with van der Waals surface area (Å²) in [4.78, 5) is 2.23. The minimum absolute atomic E-state index is 0.0789. The average Bonchev–Trinajstić information content (AvgIpc) is 2.44. The number of benzene rings is 1. The Morgan fingerprint density at radius 2 is 1.85 bits per heavy atom. The summed E-state index contributed by atoms with van der Waals surface area (Å²) in [6.45, 7) is 10.8. The van der Waals surface area contributed by atoms with Crippen LogP contribution >= 0.6 is 0 Å². The molecular weight excluding hydrogens is 248 g/mol. The van der Waals surface area contributed by atoms with Crippen LogP contribution in [0.5, 0.6) is 0 Å². The third-order valence-electron chi connectivity index (χ3n) is 4.00. The summed E-state index contributed by atoms with van der Waals surface area (Å²) in [6.07, 6.45) is 0. The van der Waals surface area contributed by atoms with Gasteiger partial charge in [0.05, 0.1) is 6.61 Å². The molecule has 0 aromatic heterocycles. The van der Waals surface area contributed by atoms with Crippen LogP contribution in [0.2, 0.25) is 0 Å². The molecule has 20 heavy (non-hydrogen) atoms. The van der Waals surface area contributed by atoms with E-state index < -0.39 is 0 Å². The molecule has 0 heterocycles. The molecule has 0 saturated heterocycles. The summed E-state index contributed by atoms with van der Waals surface area (Å²) in [7, 11) is 2.08. The Morgan fingerprint density at radius 3 is 2.35 bits per heavy atom. The lowest BCUT2D eigenvalue weighted by Gasteiger charge is -2.40. The van der Waals surface area contributed by atoms with Crippen molar-refractivity contribution in [2.45, 2.75) is 39.8 Å². The Morgan fingerprint density at radius 1 is 1.25 bits per heavy atom. The lowest BCUT2D eigenvalue weighted by molar-refractivity contribution is 0.0972. The fourth-order valence-corrected chi connectivity index (χ4v) is 2.72. The summed E-state index contributed by atoms with van der Waals surface area (Å²) >= 11 is 0. The van der Waals surface area contributed by atoms with Crippen molar-refractivity contribution in [1.82, 2.24) is 10.2 Å². The van der Waals surface area contributed by atoms with Crippen LogP contribution in [0.3, 0.4) is 0 Å². The van der Waals surface area contributed by atoms with Gasteiger partial charge in [0.25, 0.3) is 0 Å². The molecule has 0 bridgehead atoms. The van der Waals surface area contributed by atoms with Crippen LogP contribution in [-0.2, 0) is 0 Å². The molecule has 3 nitrogen and oxygen atoms in total. The SMILES string of the molecule is CCNC(c1ccccc1)C(C)(C)CN(C)C(C)CO. The highest BCUT2D eigenvalue weighted by Gasteiger charge is 2.32. The van der Waals surface area contributed by atoms with E-state index in [2.05, 4.69) is 75.3 Å². The molecule has 3 heteroatoms. The van der Waals surface area contributed by atoms with E-state index in [0.717, 1.165) is 13.1 Å². The maximum atomic E-state index is 9.30. The predicted molar refractivity (Wildman–Crippen MR) is 85.8 cm³/mol. The first kappa shape index (κ1) is 17.2. The highest BCUT2D eigenvalue weighted by Crippen LogP contribution is 2.34. The monoisotopic (exact) mass is 278 g/mol. The van der Waals surface area contributed by atoms with Gasteiger partial charge in [0, 0.05) is 18.6 Å². The van der Waals surface area contributed by atoms with Crippen molar-refractivity contribution in [3.8, 4) is 0 Å². The third kappa shape index (κ3) is 4.58. The number of rotatable bonds is 8. The fourth-order valence-electron chi connectivity index (χ4n) is 2.72. The molecule has 1 rings (SSSR count). The normalized spacial score (nSPS) is 15.3. The van der Waals surface area contributed by atoms with E-state index in [1.165, 1.54) is 5.56 Å². The van der Waals surface area contributed by atoms with Gasteiger partial charge < -0.3 is 15.3 Å². The Bertz CT molecular complexity index is 378. The Labute approximate surface area is 124 Å². The zero-order chi connectivity index (χ0) is 15.2. The molecule has 114 valence electrons. The van der Waals surface area contributed by atoms with Gasteiger partial charge in [-0.15, -0.1) is 0 Å². The van der Waals surface area contributed by atoms with Gasteiger partial charge >= 0.3 is 0 Å². The van der Waals surface area contributed by atoms with Gasteiger partial charge in [-0.25, -0.2) is 0 Å². The average molecular weight is 278 g/mol. The number of nitrogens with one attached hydrogen (secondary N) is 1. The molecule has 0 radical (unpaired) electrons. The number of aliphatic hydroxyl groups excluding tert-OH is 1. The molecule has 0 saturated carbocycles. The highest BCUT2D eigenvalue weighted by molar-refractivity contribution is 5.21. The molecule has 2 unspecified atom stereocenters. The van der Waals surface area contributed by atoms with Crippen LogP contribution < -0.4 is 5.32 Å². The second-order valence-electron chi connectivity index (χ2n) is 6.34. The van der Waals surface area contributed by atoms with Gasteiger partial charge in [0.2, 0.25) is 0 Å². The largest absolute Gasteiger partial charge is 0.395 e. The van der Waals surface area contributed by atoms with Gasteiger partial charge in [0.1, 0.15) is 0 Å². The fraction of sp³-hybridized carbons (Fsp3) is 0.647. The number of hydrogen-bond acceptors (Lipinski definition) is 3. The number of hydrogen-bond donors (Lipinski definition) is 2. The lowest BCUT2D eigenvalue weighted by Crippen LogP contribution is -2.45. The first-order valence-electron chi connectivity index (χ1n) is 7.51. The Balaban J connectivity index is 2.89.